The summed E-state index contributed by atoms with van der Waals surface area (Å²) in [6.45, 7) is 8.67. The highest BCUT2D eigenvalue weighted by molar-refractivity contribution is 5.08. The van der Waals surface area contributed by atoms with Gasteiger partial charge in [-0.3, -0.25) is 0 Å². The van der Waals surface area contributed by atoms with Crippen LogP contribution in [0.2, 0.25) is 0 Å². The smallest absolute Gasteiger partial charge is 0.120 e. The van der Waals surface area contributed by atoms with Crippen molar-refractivity contribution >= 4 is 0 Å². The molecule has 0 amide bonds. The lowest BCUT2D eigenvalue weighted by Crippen LogP contribution is -2.20. The first-order chi connectivity index (χ1) is 7.24. The molecule has 3 heteroatoms. The van der Waals surface area contributed by atoms with Gasteiger partial charge in [-0.25, -0.2) is 0 Å². The Labute approximate surface area is 91.8 Å². The van der Waals surface area contributed by atoms with Crippen LogP contribution in [0.25, 0.3) is 0 Å². The molecule has 0 aliphatic heterocycles. The van der Waals surface area contributed by atoms with Gasteiger partial charge in [0.15, 0.2) is 0 Å². The quantitative estimate of drug-likeness (QED) is 0.704. The molecule has 86 valence electrons. The fourth-order valence-electron chi connectivity index (χ4n) is 1.42. The number of ether oxygens (including phenoxy) is 1. The number of hydrogen-bond acceptors (Lipinski definition) is 3. The maximum Gasteiger partial charge on any atom is 0.120 e. The molecule has 0 unspecified atom stereocenters. The molecular formula is C12H21NO2. The zero-order chi connectivity index (χ0) is 11.1. The van der Waals surface area contributed by atoms with Gasteiger partial charge in [0.2, 0.25) is 0 Å². The van der Waals surface area contributed by atoms with Gasteiger partial charge in [-0.05, 0) is 45.9 Å². The van der Waals surface area contributed by atoms with Crippen LogP contribution in [0.5, 0.6) is 0 Å². The van der Waals surface area contributed by atoms with E-state index in [9.17, 15) is 0 Å². The lowest BCUT2D eigenvalue weighted by Gasteiger charge is -2.10. The van der Waals surface area contributed by atoms with Crippen molar-refractivity contribution in [1.29, 1.82) is 0 Å². The van der Waals surface area contributed by atoms with Gasteiger partial charge < -0.3 is 14.5 Å². The van der Waals surface area contributed by atoms with Crippen LogP contribution in [-0.4, -0.2) is 19.8 Å². The summed E-state index contributed by atoms with van der Waals surface area (Å²) in [5.74, 6) is 1.97. The first-order valence-corrected chi connectivity index (χ1v) is 5.61. The molecule has 3 nitrogen and oxygen atoms in total. The molecule has 0 aromatic carbocycles. The van der Waals surface area contributed by atoms with Gasteiger partial charge in [-0.15, -0.1) is 0 Å². The van der Waals surface area contributed by atoms with Crippen LogP contribution in [0, 0.1) is 6.92 Å². The summed E-state index contributed by atoms with van der Waals surface area (Å²) in [4.78, 5) is 0. The van der Waals surface area contributed by atoms with Gasteiger partial charge in [0, 0.05) is 13.2 Å². The molecule has 1 heterocycles. The Hall–Kier alpha value is -0.800. The monoisotopic (exact) mass is 211 g/mol. The predicted molar refractivity (Wildman–Crippen MR) is 61.0 cm³/mol. The average molecular weight is 211 g/mol. The van der Waals surface area contributed by atoms with E-state index in [2.05, 4.69) is 12.2 Å². The molecule has 15 heavy (non-hydrogen) atoms. The highest BCUT2D eigenvalue weighted by atomic mass is 16.5. The van der Waals surface area contributed by atoms with E-state index < -0.39 is 0 Å². The van der Waals surface area contributed by atoms with Crippen LogP contribution in [-0.2, 0) is 4.74 Å². The first kappa shape index (κ1) is 12.3. The average Bonchev–Trinajstić information content (AvgIpc) is 2.64. The predicted octanol–water partition coefficient (Wildman–Crippen LogP) is 2.67. The Kier molecular flexibility index (Phi) is 5.43. The van der Waals surface area contributed by atoms with Crippen molar-refractivity contribution in [3.05, 3.63) is 23.7 Å². The Morgan fingerprint density at radius 1 is 1.47 bits per heavy atom. The Morgan fingerprint density at radius 2 is 2.27 bits per heavy atom. The van der Waals surface area contributed by atoms with Gasteiger partial charge >= 0.3 is 0 Å². The highest BCUT2D eigenvalue weighted by Crippen LogP contribution is 2.15. The Bertz CT molecular complexity index is 270. The zero-order valence-corrected chi connectivity index (χ0v) is 9.88. The van der Waals surface area contributed by atoms with E-state index in [0.29, 0.717) is 0 Å². The van der Waals surface area contributed by atoms with E-state index >= 15 is 0 Å². The van der Waals surface area contributed by atoms with Crippen LogP contribution >= 0.6 is 0 Å². The number of hydrogen-bond donors (Lipinski definition) is 1. The van der Waals surface area contributed by atoms with Crippen molar-refractivity contribution < 1.29 is 9.15 Å². The summed E-state index contributed by atoms with van der Waals surface area (Å²) < 4.78 is 10.8. The summed E-state index contributed by atoms with van der Waals surface area (Å²) in [5.41, 5.74) is 0. The summed E-state index contributed by atoms with van der Waals surface area (Å²) in [6, 6.07) is 4.30. The van der Waals surface area contributed by atoms with Crippen molar-refractivity contribution in [3.63, 3.8) is 0 Å². The second-order valence-corrected chi connectivity index (χ2v) is 3.67. The fourth-order valence-corrected chi connectivity index (χ4v) is 1.42. The molecule has 0 aliphatic carbocycles. The molecule has 0 spiro atoms. The summed E-state index contributed by atoms with van der Waals surface area (Å²) in [5, 5.41) is 3.40. The van der Waals surface area contributed by atoms with Gasteiger partial charge in [0.25, 0.3) is 0 Å². The minimum absolute atomic E-state index is 0.278. The molecule has 0 radical (unpaired) electrons. The fraction of sp³-hybridized carbons (Fsp3) is 0.667. The summed E-state index contributed by atoms with van der Waals surface area (Å²) in [6.07, 6.45) is 1.04. The lowest BCUT2D eigenvalue weighted by atomic mass is 10.2. The van der Waals surface area contributed by atoms with Gasteiger partial charge in [-0.2, -0.15) is 0 Å². The van der Waals surface area contributed by atoms with Gasteiger partial charge in [-0.1, -0.05) is 0 Å². The number of aryl methyl sites for hydroxylation is 1. The Morgan fingerprint density at radius 3 is 2.87 bits per heavy atom. The van der Waals surface area contributed by atoms with Crippen LogP contribution < -0.4 is 5.32 Å². The number of furan rings is 1. The molecule has 0 fully saturated rings. The molecule has 1 atom stereocenters. The van der Waals surface area contributed by atoms with Crippen LogP contribution in [0.1, 0.15) is 37.8 Å². The van der Waals surface area contributed by atoms with Crippen molar-refractivity contribution in [2.75, 3.05) is 19.8 Å². The second kappa shape index (κ2) is 6.64. The van der Waals surface area contributed by atoms with Crippen molar-refractivity contribution in [2.24, 2.45) is 0 Å². The third kappa shape index (κ3) is 4.49. The Balaban J connectivity index is 2.16. The topological polar surface area (TPSA) is 34.4 Å². The first-order valence-electron chi connectivity index (χ1n) is 5.61. The maximum absolute atomic E-state index is 5.53. The van der Waals surface area contributed by atoms with Crippen LogP contribution in [0.15, 0.2) is 16.5 Å². The molecule has 1 rings (SSSR count). The van der Waals surface area contributed by atoms with Crippen LogP contribution in [0.3, 0.4) is 0 Å². The van der Waals surface area contributed by atoms with Crippen LogP contribution in [0.4, 0.5) is 0 Å². The molecule has 1 N–H and O–H groups in total. The SMILES string of the molecule is CCOCCCN[C@H](C)c1ccc(C)o1. The maximum atomic E-state index is 5.53. The van der Waals surface area contributed by atoms with Gasteiger partial charge in [0.1, 0.15) is 11.5 Å². The third-order valence-corrected chi connectivity index (χ3v) is 2.31. The van der Waals surface area contributed by atoms with E-state index in [0.717, 1.165) is 37.7 Å². The molecule has 1 aromatic heterocycles. The molecule has 0 aliphatic rings. The minimum atomic E-state index is 0.278. The number of rotatable bonds is 7. The summed E-state index contributed by atoms with van der Waals surface area (Å²) in [7, 11) is 0. The molecule has 0 saturated heterocycles. The van der Waals surface area contributed by atoms with Crippen molar-refractivity contribution in [2.45, 2.75) is 33.2 Å². The molecule has 0 bridgehead atoms. The van der Waals surface area contributed by atoms with Crippen molar-refractivity contribution in [1.82, 2.24) is 5.32 Å². The normalized spacial score (nSPS) is 13.0. The summed E-state index contributed by atoms with van der Waals surface area (Å²) >= 11 is 0. The van der Waals surface area contributed by atoms with Gasteiger partial charge in [0.05, 0.1) is 6.04 Å². The van der Waals surface area contributed by atoms with E-state index in [1.807, 2.05) is 26.0 Å². The number of nitrogens with one attached hydrogen (secondary N) is 1. The third-order valence-electron chi connectivity index (χ3n) is 2.31. The van der Waals surface area contributed by atoms with Crippen molar-refractivity contribution in [3.8, 4) is 0 Å². The van der Waals surface area contributed by atoms with E-state index in [4.69, 9.17) is 9.15 Å². The highest BCUT2D eigenvalue weighted by Gasteiger charge is 2.07. The van der Waals surface area contributed by atoms with E-state index in [-0.39, 0.29) is 6.04 Å². The standard InChI is InChI=1S/C12H21NO2/c1-4-14-9-5-8-13-11(3)12-7-6-10(2)15-12/h6-7,11,13H,4-5,8-9H2,1-3H3/t11-/m1/s1. The van der Waals surface area contributed by atoms with E-state index in [1.165, 1.54) is 0 Å². The molecular weight excluding hydrogens is 190 g/mol. The van der Waals surface area contributed by atoms with E-state index in [1.54, 1.807) is 0 Å². The largest absolute Gasteiger partial charge is 0.465 e. The second-order valence-electron chi connectivity index (χ2n) is 3.67. The molecule has 1 aromatic rings. The minimum Gasteiger partial charge on any atom is -0.465 e. The lowest BCUT2D eigenvalue weighted by molar-refractivity contribution is 0.144. The molecule has 0 saturated carbocycles. The zero-order valence-electron chi connectivity index (χ0n) is 9.88.